The zero-order valence-electron chi connectivity index (χ0n) is 17.6. The third kappa shape index (κ3) is 13.9. The second kappa shape index (κ2) is 14.8. The molecule has 0 fully saturated rings. The molecule has 24 heavy (non-hydrogen) atoms. The van der Waals surface area contributed by atoms with Crippen molar-refractivity contribution >= 4 is 17.2 Å². The summed E-state index contributed by atoms with van der Waals surface area (Å²) in [5, 5.41) is 0. The molecule has 0 saturated carbocycles. The van der Waals surface area contributed by atoms with Crippen molar-refractivity contribution in [1.82, 2.24) is 0 Å². The van der Waals surface area contributed by atoms with E-state index in [4.69, 9.17) is 11.2 Å². The summed E-state index contributed by atoms with van der Waals surface area (Å²) in [5.74, 6) is -1.94. The molecule has 0 aliphatic carbocycles. The van der Waals surface area contributed by atoms with Gasteiger partial charge in [-0.1, -0.05) is 0 Å². The van der Waals surface area contributed by atoms with Crippen molar-refractivity contribution in [3.05, 3.63) is 0 Å². The Morgan fingerprint density at radius 2 is 0.708 bits per heavy atom. The van der Waals surface area contributed by atoms with Crippen molar-refractivity contribution in [1.29, 1.82) is 0 Å². The maximum atomic E-state index is 7.46. The molecule has 148 valence electrons. The van der Waals surface area contributed by atoms with Gasteiger partial charge in [0.05, 0.1) is 0 Å². The van der Waals surface area contributed by atoms with Gasteiger partial charge < -0.3 is 0 Å². The first-order valence-electron chi connectivity index (χ1n) is 11.2. The molecule has 0 aromatic rings. The summed E-state index contributed by atoms with van der Waals surface area (Å²) in [6.07, 6.45) is 24.8. The Morgan fingerprint density at radius 1 is 0.458 bits per heavy atom. The summed E-state index contributed by atoms with van der Waals surface area (Å²) in [5.41, 5.74) is 0. The van der Waals surface area contributed by atoms with Crippen LogP contribution in [0.3, 0.4) is 0 Å². The van der Waals surface area contributed by atoms with Crippen LogP contribution in [0.15, 0.2) is 0 Å². The van der Waals surface area contributed by atoms with Gasteiger partial charge in [0.1, 0.15) is 0 Å². The van der Waals surface area contributed by atoms with Gasteiger partial charge in [-0.2, -0.15) is 0 Å². The fraction of sp³-hybridized carbons (Fsp3) is 1.00. The van der Waals surface area contributed by atoms with E-state index in [9.17, 15) is 0 Å². The average molecular weight is 379 g/mol. The molecule has 0 aromatic heterocycles. The number of hydrogen-bond acceptors (Lipinski definition) is 0. The Hall–Kier alpha value is 0.720. The van der Waals surface area contributed by atoms with Crippen LogP contribution >= 0.6 is 17.2 Å². The standard InChI is InChI=1S/C22H48ClP/c1-5-8-11-14-17-20-24(4,23,21-18-15-12-9-6-2)22-19-16-13-10-7-3/h5-22H2,1-4H3. The van der Waals surface area contributed by atoms with Crippen LogP contribution in [-0.4, -0.2) is 25.2 Å². The van der Waals surface area contributed by atoms with E-state index in [-0.39, 0.29) is 0 Å². The first-order valence-corrected chi connectivity index (χ1v) is 15.3. The van der Waals surface area contributed by atoms with E-state index in [0.717, 1.165) is 0 Å². The normalized spacial score (nSPS) is 13.8. The van der Waals surface area contributed by atoms with Gasteiger partial charge in [-0.25, -0.2) is 0 Å². The Bertz CT molecular complexity index is 232. The van der Waals surface area contributed by atoms with E-state index >= 15 is 0 Å². The summed E-state index contributed by atoms with van der Waals surface area (Å²) in [4.78, 5) is 0. The summed E-state index contributed by atoms with van der Waals surface area (Å²) < 4.78 is 0. The van der Waals surface area contributed by atoms with E-state index in [0.29, 0.717) is 0 Å². The molecule has 0 spiro atoms. The number of rotatable bonds is 18. The third-order valence-corrected chi connectivity index (χ3v) is 11.9. The Kier molecular flexibility index (Phi) is 15.3. The molecule has 0 saturated heterocycles. The maximum absolute atomic E-state index is 7.46. The van der Waals surface area contributed by atoms with Crippen molar-refractivity contribution in [3.8, 4) is 0 Å². The topological polar surface area (TPSA) is 0 Å². The van der Waals surface area contributed by atoms with Crippen LogP contribution in [0.1, 0.15) is 117 Å². The predicted molar refractivity (Wildman–Crippen MR) is 120 cm³/mol. The minimum atomic E-state index is -1.94. The summed E-state index contributed by atoms with van der Waals surface area (Å²) in [6, 6.07) is 0. The van der Waals surface area contributed by atoms with E-state index in [2.05, 4.69) is 27.4 Å². The van der Waals surface area contributed by atoms with E-state index < -0.39 is 5.96 Å². The molecule has 0 rings (SSSR count). The quantitative estimate of drug-likeness (QED) is 0.164. The van der Waals surface area contributed by atoms with Gasteiger partial charge in [-0.3, -0.25) is 0 Å². The van der Waals surface area contributed by atoms with Crippen LogP contribution < -0.4 is 0 Å². The summed E-state index contributed by atoms with van der Waals surface area (Å²) in [7, 11) is 0. The number of halogens is 1. The second-order valence-electron chi connectivity index (χ2n) is 8.56. The van der Waals surface area contributed by atoms with Gasteiger partial charge in [-0.05, 0) is 0 Å². The van der Waals surface area contributed by atoms with E-state index in [1.807, 2.05) is 0 Å². The van der Waals surface area contributed by atoms with Crippen molar-refractivity contribution in [3.63, 3.8) is 0 Å². The molecule has 0 nitrogen and oxygen atoms in total. The first-order chi connectivity index (χ1) is 11.5. The van der Waals surface area contributed by atoms with E-state index in [1.54, 1.807) is 0 Å². The Morgan fingerprint density at radius 3 is 0.958 bits per heavy atom. The van der Waals surface area contributed by atoms with Crippen LogP contribution in [-0.2, 0) is 0 Å². The summed E-state index contributed by atoms with van der Waals surface area (Å²) in [6.45, 7) is 9.42. The van der Waals surface area contributed by atoms with E-state index in [1.165, 1.54) is 115 Å². The minimum absolute atomic E-state index is 1.34. The van der Waals surface area contributed by atoms with Crippen LogP contribution in [0.2, 0.25) is 0 Å². The Balaban J connectivity index is 4.30. The molecule has 0 aliphatic rings. The molecular formula is C22H48ClP. The molecule has 0 bridgehead atoms. The molecule has 0 heterocycles. The van der Waals surface area contributed by atoms with Crippen LogP contribution in [0.5, 0.6) is 0 Å². The van der Waals surface area contributed by atoms with Crippen molar-refractivity contribution in [2.75, 3.05) is 25.2 Å². The van der Waals surface area contributed by atoms with Crippen molar-refractivity contribution < 1.29 is 0 Å². The van der Waals surface area contributed by atoms with Gasteiger partial charge in [0.25, 0.3) is 0 Å². The third-order valence-electron chi connectivity index (χ3n) is 5.66. The SMILES string of the molecule is CCCCCCCP(C)(Cl)(CCCCCCC)CCCCCCC. The first kappa shape index (κ1) is 24.7. The zero-order chi connectivity index (χ0) is 18.2. The van der Waals surface area contributed by atoms with Gasteiger partial charge in [0.15, 0.2) is 0 Å². The number of hydrogen-bond donors (Lipinski definition) is 0. The molecule has 0 aromatic carbocycles. The van der Waals surface area contributed by atoms with Gasteiger partial charge in [0, 0.05) is 0 Å². The van der Waals surface area contributed by atoms with Gasteiger partial charge in [-0.15, -0.1) is 0 Å². The molecule has 0 N–H and O–H groups in total. The molecule has 0 atom stereocenters. The van der Waals surface area contributed by atoms with Crippen molar-refractivity contribution in [2.45, 2.75) is 117 Å². The monoisotopic (exact) mass is 378 g/mol. The molecule has 2 heteroatoms. The molecule has 0 aliphatic heterocycles. The fourth-order valence-electron chi connectivity index (χ4n) is 3.81. The van der Waals surface area contributed by atoms with Crippen LogP contribution in [0.25, 0.3) is 0 Å². The van der Waals surface area contributed by atoms with Gasteiger partial charge >= 0.3 is 159 Å². The molecular weight excluding hydrogens is 331 g/mol. The second-order valence-corrected chi connectivity index (χ2v) is 17.4. The van der Waals surface area contributed by atoms with Crippen LogP contribution in [0.4, 0.5) is 0 Å². The molecule has 0 radical (unpaired) electrons. The number of unbranched alkanes of at least 4 members (excludes halogenated alkanes) is 12. The zero-order valence-corrected chi connectivity index (χ0v) is 19.2. The predicted octanol–water partition coefficient (Wildman–Crippen LogP) is 9.23. The fourth-order valence-corrected chi connectivity index (χ4v) is 8.87. The van der Waals surface area contributed by atoms with Crippen molar-refractivity contribution in [2.24, 2.45) is 0 Å². The summed E-state index contributed by atoms with van der Waals surface area (Å²) >= 11 is 7.46. The van der Waals surface area contributed by atoms with Crippen LogP contribution in [0, 0.1) is 0 Å². The average Bonchev–Trinajstić information content (AvgIpc) is 2.54. The molecule has 0 unspecified atom stereocenters. The Labute approximate surface area is 159 Å². The molecule has 0 amide bonds. The van der Waals surface area contributed by atoms with Gasteiger partial charge in [0.2, 0.25) is 0 Å².